The standard InChI is InChI=1S/C16H24N2O3/c1-12(2)8-9-17-15(19)10-21-11-16(20)18-14-6-4-13(3)5-7-14/h4-7,12H,8-11H2,1-3H3,(H,17,19)(H,18,20). The lowest BCUT2D eigenvalue weighted by Gasteiger charge is -2.08. The van der Waals surface area contributed by atoms with Gasteiger partial charge in [-0.1, -0.05) is 31.5 Å². The van der Waals surface area contributed by atoms with E-state index in [1.54, 1.807) is 0 Å². The van der Waals surface area contributed by atoms with E-state index in [1.165, 1.54) is 0 Å². The van der Waals surface area contributed by atoms with E-state index in [2.05, 4.69) is 24.5 Å². The summed E-state index contributed by atoms with van der Waals surface area (Å²) in [7, 11) is 0. The van der Waals surface area contributed by atoms with E-state index in [4.69, 9.17) is 4.74 Å². The lowest BCUT2D eigenvalue weighted by atomic mass is 10.1. The summed E-state index contributed by atoms with van der Waals surface area (Å²) in [5.41, 5.74) is 1.85. The summed E-state index contributed by atoms with van der Waals surface area (Å²) in [6, 6.07) is 7.48. The third kappa shape index (κ3) is 8.09. The molecule has 0 saturated carbocycles. The molecule has 0 aromatic heterocycles. The van der Waals surface area contributed by atoms with Crippen molar-refractivity contribution in [2.45, 2.75) is 27.2 Å². The van der Waals surface area contributed by atoms with Gasteiger partial charge in [-0.3, -0.25) is 9.59 Å². The maximum Gasteiger partial charge on any atom is 0.250 e. The molecule has 5 nitrogen and oxygen atoms in total. The van der Waals surface area contributed by atoms with E-state index in [1.807, 2.05) is 31.2 Å². The molecule has 0 aliphatic rings. The molecule has 116 valence electrons. The van der Waals surface area contributed by atoms with Crippen LogP contribution in [0.15, 0.2) is 24.3 Å². The van der Waals surface area contributed by atoms with Gasteiger partial charge in [0.15, 0.2) is 0 Å². The van der Waals surface area contributed by atoms with Gasteiger partial charge in [-0.25, -0.2) is 0 Å². The molecule has 0 atom stereocenters. The number of amides is 2. The first-order chi connectivity index (χ1) is 9.97. The summed E-state index contributed by atoms with van der Waals surface area (Å²) >= 11 is 0. The Morgan fingerprint density at radius 2 is 1.71 bits per heavy atom. The number of benzene rings is 1. The number of ether oxygens (including phenoxy) is 1. The fourth-order valence-corrected chi connectivity index (χ4v) is 1.62. The van der Waals surface area contributed by atoms with Crippen molar-refractivity contribution in [2.75, 3.05) is 25.1 Å². The maximum absolute atomic E-state index is 11.6. The van der Waals surface area contributed by atoms with Crippen LogP contribution in [0, 0.1) is 12.8 Å². The molecular weight excluding hydrogens is 268 g/mol. The van der Waals surface area contributed by atoms with E-state index in [9.17, 15) is 9.59 Å². The Hall–Kier alpha value is -1.88. The molecular formula is C16H24N2O3. The van der Waals surface area contributed by atoms with Crippen LogP contribution in [0.5, 0.6) is 0 Å². The van der Waals surface area contributed by atoms with Gasteiger partial charge in [-0.2, -0.15) is 0 Å². The second kappa shape index (κ2) is 9.13. The number of anilines is 1. The number of hydrogen-bond donors (Lipinski definition) is 2. The van der Waals surface area contributed by atoms with Gasteiger partial charge in [0.1, 0.15) is 13.2 Å². The zero-order valence-electron chi connectivity index (χ0n) is 12.9. The molecule has 0 aliphatic carbocycles. The predicted molar refractivity (Wildman–Crippen MR) is 83.1 cm³/mol. The molecule has 21 heavy (non-hydrogen) atoms. The summed E-state index contributed by atoms with van der Waals surface area (Å²) in [5, 5.41) is 5.45. The second-order valence-corrected chi connectivity index (χ2v) is 5.44. The highest BCUT2D eigenvalue weighted by molar-refractivity contribution is 5.91. The van der Waals surface area contributed by atoms with E-state index < -0.39 is 0 Å². The van der Waals surface area contributed by atoms with Gasteiger partial charge in [0.2, 0.25) is 11.8 Å². The van der Waals surface area contributed by atoms with Gasteiger partial charge in [-0.15, -0.1) is 0 Å². The van der Waals surface area contributed by atoms with Crippen LogP contribution in [0.2, 0.25) is 0 Å². The van der Waals surface area contributed by atoms with Gasteiger partial charge < -0.3 is 15.4 Å². The molecule has 0 aliphatic heterocycles. The van der Waals surface area contributed by atoms with Crippen LogP contribution in [0.25, 0.3) is 0 Å². The van der Waals surface area contributed by atoms with Crippen molar-refractivity contribution in [3.05, 3.63) is 29.8 Å². The van der Waals surface area contributed by atoms with Crippen LogP contribution in [0.1, 0.15) is 25.8 Å². The Kier molecular flexibility index (Phi) is 7.46. The van der Waals surface area contributed by atoms with E-state index in [0.29, 0.717) is 12.5 Å². The van der Waals surface area contributed by atoms with Gasteiger partial charge in [-0.05, 0) is 31.4 Å². The van der Waals surface area contributed by atoms with Crippen LogP contribution >= 0.6 is 0 Å². The minimum atomic E-state index is -0.270. The predicted octanol–water partition coefficient (Wildman–Crippen LogP) is 2.11. The molecule has 0 saturated heterocycles. The molecule has 0 fully saturated rings. The first kappa shape index (κ1) is 17.2. The van der Waals surface area contributed by atoms with Gasteiger partial charge in [0.05, 0.1) is 0 Å². The Balaban J connectivity index is 2.15. The Morgan fingerprint density at radius 1 is 1.10 bits per heavy atom. The molecule has 0 radical (unpaired) electrons. The average Bonchev–Trinajstić information content (AvgIpc) is 2.41. The number of carbonyl (C=O) groups excluding carboxylic acids is 2. The van der Waals surface area contributed by atoms with Crippen LogP contribution in [0.4, 0.5) is 5.69 Å². The zero-order valence-corrected chi connectivity index (χ0v) is 12.9. The highest BCUT2D eigenvalue weighted by atomic mass is 16.5. The topological polar surface area (TPSA) is 67.4 Å². The molecule has 1 aromatic carbocycles. The molecule has 1 rings (SSSR count). The molecule has 0 unspecified atom stereocenters. The number of carbonyl (C=O) groups is 2. The zero-order chi connectivity index (χ0) is 15.7. The lowest BCUT2D eigenvalue weighted by molar-refractivity contribution is -0.128. The number of hydrogen-bond acceptors (Lipinski definition) is 3. The van der Waals surface area contributed by atoms with Gasteiger partial charge >= 0.3 is 0 Å². The van der Waals surface area contributed by atoms with Crippen molar-refractivity contribution in [3.63, 3.8) is 0 Å². The van der Waals surface area contributed by atoms with Crippen molar-refractivity contribution in [1.82, 2.24) is 5.32 Å². The molecule has 1 aromatic rings. The largest absolute Gasteiger partial charge is 0.362 e. The maximum atomic E-state index is 11.6. The highest BCUT2D eigenvalue weighted by Gasteiger charge is 2.06. The van der Waals surface area contributed by atoms with E-state index in [-0.39, 0.29) is 25.0 Å². The molecule has 0 heterocycles. The minimum absolute atomic E-state index is 0.0978. The first-order valence-electron chi connectivity index (χ1n) is 7.18. The van der Waals surface area contributed by atoms with Gasteiger partial charge in [0, 0.05) is 12.2 Å². The molecule has 0 bridgehead atoms. The summed E-state index contributed by atoms with van der Waals surface area (Å²) in [6.07, 6.45) is 0.930. The minimum Gasteiger partial charge on any atom is -0.362 e. The summed E-state index contributed by atoms with van der Waals surface area (Å²) < 4.78 is 5.09. The molecule has 5 heteroatoms. The second-order valence-electron chi connectivity index (χ2n) is 5.44. The first-order valence-corrected chi connectivity index (χ1v) is 7.18. The Bertz CT molecular complexity index is 455. The monoisotopic (exact) mass is 292 g/mol. The quantitative estimate of drug-likeness (QED) is 0.771. The van der Waals surface area contributed by atoms with E-state index in [0.717, 1.165) is 17.7 Å². The SMILES string of the molecule is Cc1ccc(NC(=O)COCC(=O)NCCC(C)C)cc1. The summed E-state index contributed by atoms with van der Waals surface area (Å²) in [4.78, 5) is 23.0. The molecule has 0 spiro atoms. The molecule has 2 amide bonds. The lowest BCUT2D eigenvalue weighted by Crippen LogP contribution is -2.30. The van der Waals surface area contributed by atoms with Crippen molar-refractivity contribution >= 4 is 17.5 Å². The van der Waals surface area contributed by atoms with E-state index >= 15 is 0 Å². The number of rotatable bonds is 8. The summed E-state index contributed by atoms with van der Waals surface area (Å²) in [5.74, 6) is 0.0825. The smallest absolute Gasteiger partial charge is 0.250 e. The average molecular weight is 292 g/mol. The fourth-order valence-electron chi connectivity index (χ4n) is 1.62. The van der Waals surface area contributed by atoms with Crippen molar-refractivity contribution in [2.24, 2.45) is 5.92 Å². The number of nitrogens with one attached hydrogen (secondary N) is 2. The fraction of sp³-hybridized carbons (Fsp3) is 0.500. The van der Waals surface area contributed by atoms with Crippen LogP contribution in [0.3, 0.4) is 0 Å². The Labute approximate surface area is 126 Å². The van der Waals surface area contributed by atoms with Crippen molar-refractivity contribution < 1.29 is 14.3 Å². The normalized spacial score (nSPS) is 10.5. The van der Waals surface area contributed by atoms with Crippen LogP contribution < -0.4 is 10.6 Å². The highest BCUT2D eigenvalue weighted by Crippen LogP contribution is 2.08. The van der Waals surface area contributed by atoms with Gasteiger partial charge in [0.25, 0.3) is 0 Å². The summed E-state index contributed by atoms with van der Waals surface area (Å²) in [6.45, 7) is 6.57. The number of aryl methyl sites for hydroxylation is 1. The van der Waals surface area contributed by atoms with Crippen LogP contribution in [-0.4, -0.2) is 31.6 Å². The third-order valence-electron chi connectivity index (χ3n) is 2.85. The Morgan fingerprint density at radius 3 is 2.33 bits per heavy atom. The van der Waals surface area contributed by atoms with Crippen LogP contribution in [-0.2, 0) is 14.3 Å². The van der Waals surface area contributed by atoms with Crippen molar-refractivity contribution in [3.8, 4) is 0 Å². The molecule has 2 N–H and O–H groups in total. The van der Waals surface area contributed by atoms with Crippen molar-refractivity contribution in [1.29, 1.82) is 0 Å². The third-order valence-corrected chi connectivity index (χ3v) is 2.85.